The first-order valence-corrected chi connectivity index (χ1v) is 12.2. The third-order valence-corrected chi connectivity index (χ3v) is 7.54. The molecule has 0 spiro atoms. The standard InChI is InChI=1S/C22H18N4O2S3/c27-19(23-24-20(28)16-8-2-1-3-9-16)14-30-22-26-25-21(31-22)29-13-17-11-6-10-15-7-4-5-12-18(15)17/h1-12H,13-14H2,(H,23,27)(H,24,28). The first kappa shape index (κ1) is 21.4. The van der Waals surface area contributed by atoms with Crippen molar-refractivity contribution in [3.8, 4) is 0 Å². The minimum atomic E-state index is -0.359. The van der Waals surface area contributed by atoms with Crippen molar-refractivity contribution in [1.29, 1.82) is 0 Å². The van der Waals surface area contributed by atoms with E-state index in [1.54, 1.807) is 36.0 Å². The molecule has 2 amide bonds. The molecule has 6 nitrogen and oxygen atoms in total. The van der Waals surface area contributed by atoms with Crippen molar-refractivity contribution in [2.24, 2.45) is 0 Å². The van der Waals surface area contributed by atoms with Gasteiger partial charge in [-0.25, -0.2) is 0 Å². The van der Waals surface area contributed by atoms with E-state index in [9.17, 15) is 9.59 Å². The highest BCUT2D eigenvalue weighted by Gasteiger charge is 2.11. The van der Waals surface area contributed by atoms with Crippen LogP contribution in [0.2, 0.25) is 0 Å². The normalized spacial score (nSPS) is 10.7. The lowest BCUT2D eigenvalue weighted by Crippen LogP contribution is -2.42. The molecule has 3 aromatic carbocycles. The zero-order valence-corrected chi connectivity index (χ0v) is 18.7. The second-order valence-corrected chi connectivity index (χ2v) is 9.84. The molecule has 0 unspecified atom stereocenters. The number of benzene rings is 3. The Morgan fingerprint density at radius 3 is 2.35 bits per heavy atom. The number of nitrogens with zero attached hydrogens (tertiary/aromatic N) is 2. The third kappa shape index (κ3) is 5.84. The molecular weight excluding hydrogens is 448 g/mol. The van der Waals surface area contributed by atoms with E-state index in [4.69, 9.17) is 0 Å². The molecule has 31 heavy (non-hydrogen) atoms. The van der Waals surface area contributed by atoms with Gasteiger partial charge < -0.3 is 0 Å². The van der Waals surface area contributed by atoms with Gasteiger partial charge in [0.05, 0.1) is 5.75 Å². The van der Waals surface area contributed by atoms with E-state index in [2.05, 4.69) is 51.4 Å². The van der Waals surface area contributed by atoms with Crippen LogP contribution >= 0.6 is 34.9 Å². The summed E-state index contributed by atoms with van der Waals surface area (Å²) in [5.74, 6) is 0.265. The van der Waals surface area contributed by atoms with Crippen molar-refractivity contribution >= 4 is 57.4 Å². The fourth-order valence-electron chi connectivity index (χ4n) is 2.82. The Labute approximate surface area is 191 Å². The highest BCUT2D eigenvalue weighted by atomic mass is 32.2. The zero-order chi connectivity index (χ0) is 21.5. The highest BCUT2D eigenvalue weighted by molar-refractivity contribution is 8.03. The summed E-state index contributed by atoms with van der Waals surface area (Å²) in [6.07, 6.45) is 0. The molecule has 156 valence electrons. The largest absolute Gasteiger partial charge is 0.272 e. The Morgan fingerprint density at radius 1 is 0.806 bits per heavy atom. The molecule has 0 bridgehead atoms. The molecule has 0 aliphatic rings. The zero-order valence-electron chi connectivity index (χ0n) is 16.3. The Balaban J connectivity index is 1.24. The number of nitrogens with one attached hydrogen (secondary N) is 2. The predicted molar refractivity (Wildman–Crippen MR) is 126 cm³/mol. The van der Waals surface area contributed by atoms with E-state index in [0.717, 1.165) is 10.1 Å². The number of hydrogen-bond acceptors (Lipinski definition) is 7. The van der Waals surface area contributed by atoms with Crippen molar-refractivity contribution in [3.63, 3.8) is 0 Å². The van der Waals surface area contributed by atoms with Gasteiger partial charge in [0.25, 0.3) is 5.91 Å². The van der Waals surface area contributed by atoms with Crippen LogP contribution in [0, 0.1) is 0 Å². The molecule has 0 fully saturated rings. The Kier molecular flexibility index (Phi) is 7.18. The van der Waals surface area contributed by atoms with Gasteiger partial charge in [0, 0.05) is 11.3 Å². The van der Waals surface area contributed by atoms with Gasteiger partial charge in [0.2, 0.25) is 5.91 Å². The van der Waals surface area contributed by atoms with Crippen LogP contribution in [0.3, 0.4) is 0 Å². The lowest BCUT2D eigenvalue weighted by atomic mass is 10.1. The van der Waals surface area contributed by atoms with Gasteiger partial charge in [-0.05, 0) is 28.5 Å². The maximum Gasteiger partial charge on any atom is 0.269 e. The summed E-state index contributed by atoms with van der Waals surface area (Å²) < 4.78 is 1.57. The number of fused-ring (bicyclic) bond motifs is 1. The van der Waals surface area contributed by atoms with E-state index in [-0.39, 0.29) is 17.6 Å². The van der Waals surface area contributed by atoms with E-state index >= 15 is 0 Å². The number of rotatable bonds is 7. The highest BCUT2D eigenvalue weighted by Crippen LogP contribution is 2.32. The number of amides is 2. The number of hydrogen-bond donors (Lipinski definition) is 2. The number of aromatic nitrogens is 2. The van der Waals surface area contributed by atoms with E-state index < -0.39 is 0 Å². The van der Waals surface area contributed by atoms with Gasteiger partial charge in [-0.3, -0.25) is 20.4 Å². The van der Waals surface area contributed by atoms with Crippen LogP contribution in [0.15, 0.2) is 81.5 Å². The smallest absolute Gasteiger partial charge is 0.269 e. The summed E-state index contributed by atoms with van der Waals surface area (Å²) in [7, 11) is 0. The third-order valence-electron chi connectivity index (χ3n) is 4.30. The fraction of sp³-hybridized carbons (Fsp3) is 0.0909. The van der Waals surface area contributed by atoms with Crippen LogP contribution in [-0.2, 0) is 10.5 Å². The molecule has 4 rings (SSSR count). The maximum absolute atomic E-state index is 12.0. The molecule has 2 N–H and O–H groups in total. The molecule has 0 atom stereocenters. The topological polar surface area (TPSA) is 84.0 Å². The van der Waals surface area contributed by atoms with Gasteiger partial charge >= 0.3 is 0 Å². The van der Waals surface area contributed by atoms with Crippen molar-refractivity contribution < 1.29 is 9.59 Å². The van der Waals surface area contributed by atoms with Crippen LogP contribution in [0.1, 0.15) is 15.9 Å². The predicted octanol–water partition coefficient (Wildman–Crippen LogP) is 4.54. The summed E-state index contributed by atoms with van der Waals surface area (Å²) in [6, 6.07) is 23.3. The Hall–Kier alpha value is -2.88. The summed E-state index contributed by atoms with van der Waals surface area (Å²) in [5.41, 5.74) is 6.55. The van der Waals surface area contributed by atoms with E-state index in [1.165, 1.54) is 39.4 Å². The molecule has 9 heteroatoms. The summed E-state index contributed by atoms with van der Waals surface area (Å²) in [4.78, 5) is 23.9. The maximum atomic E-state index is 12.0. The monoisotopic (exact) mass is 466 g/mol. The summed E-state index contributed by atoms with van der Waals surface area (Å²) in [6.45, 7) is 0. The molecule has 0 radical (unpaired) electrons. The molecule has 0 saturated heterocycles. The van der Waals surface area contributed by atoms with Crippen LogP contribution in [0.4, 0.5) is 0 Å². The van der Waals surface area contributed by atoms with Gasteiger partial charge in [-0.2, -0.15) is 0 Å². The lowest BCUT2D eigenvalue weighted by Gasteiger charge is -2.06. The minimum absolute atomic E-state index is 0.137. The molecule has 1 heterocycles. The van der Waals surface area contributed by atoms with Crippen LogP contribution in [-0.4, -0.2) is 27.8 Å². The minimum Gasteiger partial charge on any atom is -0.272 e. The molecular formula is C22H18N4O2S3. The van der Waals surface area contributed by atoms with Gasteiger partial charge in [-0.1, -0.05) is 95.5 Å². The number of thioether (sulfide) groups is 2. The van der Waals surface area contributed by atoms with Crippen LogP contribution < -0.4 is 10.9 Å². The van der Waals surface area contributed by atoms with Crippen LogP contribution in [0.5, 0.6) is 0 Å². The number of carbonyl (C=O) groups excluding carboxylic acids is 2. The Bertz CT molecular complexity index is 1190. The number of carbonyl (C=O) groups is 2. The second kappa shape index (κ2) is 10.4. The summed E-state index contributed by atoms with van der Waals surface area (Å²) in [5, 5.41) is 10.8. The van der Waals surface area contributed by atoms with Crippen molar-refractivity contribution in [2.75, 3.05) is 5.75 Å². The molecule has 0 aliphatic carbocycles. The summed E-state index contributed by atoms with van der Waals surface area (Å²) >= 11 is 4.38. The van der Waals surface area contributed by atoms with Crippen molar-refractivity contribution in [2.45, 2.75) is 14.4 Å². The quantitative estimate of drug-likeness (QED) is 0.307. The van der Waals surface area contributed by atoms with Gasteiger partial charge in [0.1, 0.15) is 0 Å². The molecule has 4 aromatic rings. The average Bonchev–Trinajstić information content (AvgIpc) is 3.28. The van der Waals surface area contributed by atoms with E-state index in [0.29, 0.717) is 9.90 Å². The molecule has 1 aromatic heterocycles. The SMILES string of the molecule is O=C(CSc1nnc(SCc2cccc3ccccc23)s1)NNC(=O)c1ccccc1. The first-order chi connectivity index (χ1) is 15.2. The van der Waals surface area contributed by atoms with Crippen molar-refractivity contribution in [1.82, 2.24) is 21.0 Å². The molecule has 0 aliphatic heterocycles. The first-order valence-electron chi connectivity index (χ1n) is 9.39. The van der Waals surface area contributed by atoms with E-state index in [1.807, 2.05) is 18.2 Å². The number of hydrazine groups is 1. The van der Waals surface area contributed by atoms with Gasteiger partial charge in [-0.15, -0.1) is 10.2 Å². The van der Waals surface area contributed by atoms with Gasteiger partial charge in [0.15, 0.2) is 8.68 Å². The van der Waals surface area contributed by atoms with Crippen LogP contribution in [0.25, 0.3) is 10.8 Å². The fourth-order valence-corrected chi connectivity index (χ4v) is 5.65. The van der Waals surface area contributed by atoms with Crippen molar-refractivity contribution in [3.05, 3.63) is 83.9 Å². The second-order valence-electron chi connectivity index (χ2n) is 6.42. The lowest BCUT2D eigenvalue weighted by molar-refractivity contribution is -0.119. The molecule has 0 saturated carbocycles. The Morgan fingerprint density at radius 2 is 1.52 bits per heavy atom. The average molecular weight is 467 g/mol.